The van der Waals surface area contributed by atoms with E-state index in [0.717, 1.165) is 16.9 Å². The van der Waals surface area contributed by atoms with Crippen LogP contribution in [0, 0.1) is 17.0 Å². The summed E-state index contributed by atoms with van der Waals surface area (Å²) in [5, 5.41) is 32.5. The summed E-state index contributed by atoms with van der Waals surface area (Å²) in [6.45, 7) is 1.30. The van der Waals surface area contributed by atoms with Crippen molar-refractivity contribution in [2.45, 2.75) is 13.5 Å². The van der Waals surface area contributed by atoms with Gasteiger partial charge in [-0.1, -0.05) is 35.9 Å². The fourth-order valence-electron chi connectivity index (χ4n) is 2.93. The normalized spacial score (nSPS) is 10.6. The van der Waals surface area contributed by atoms with Gasteiger partial charge in [0.1, 0.15) is 5.02 Å². The number of nitro groups is 1. The quantitative estimate of drug-likeness (QED) is 0.287. The van der Waals surface area contributed by atoms with Crippen molar-refractivity contribution < 1.29 is 29.5 Å². The lowest BCUT2D eigenvalue weighted by atomic mass is 10.1. The second-order valence-electron chi connectivity index (χ2n) is 6.70. The van der Waals surface area contributed by atoms with Gasteiger partial charge in [0.2, 0.25) is 0 Å². The Labute approximate surface area is 191 Å². The number of aliphatic carboxylic acids is 1. The molecule has 0 unspecified atom stereocenters. The largest absolute Gasteiger partial charge is 0.479 e. The Kier molecular flexibility index (Phi) is 6.96. The summed E-state index contributed by atoms with van der Waals surface area (Å²) in [5.41, 5.74) is 2.61. The highest BCUT2D eigenvalue weighted by atomic mass is 35.5. The average molecular weight is 477 g/mol. The van der Waals surface area contributed by atoms with Gasteiger partial charge in [-0.2, -0.15) is 0 Å². The molecular weight excluding hydrogens is 460 g/mol. The molecule has 0 aliphatic carbocycles. The molecule has 11 heteroatoms. The summed E-state index contributed by atoms with van der Waals surface area (Å²) >= 11 is 7.21. The van der Waals surface area contributed by atoms with E-state index in [9.17, 15) is 24.8 Å². The van der Waals surface area contributed by atoms with E-state index in [1.54, 1.807) is 37.3 Å². The van der Waals surface area contributed by atoms with Crippen LogP contribution in [0.5, 0.6) is 5.75 Å². The van der Waals surface area contributed by atoms with Gasteiger partial charge < -0.3 is 20.3 Å². The van der Waals surface area contributed by atoms with Gasteiger partial charge in [-0.15, -0.1) is 11.3 Å². The first-order valence-corrected chi connectivity index (χ1v) is 10.3. The minimum atomic E-state index is -1.28. The zero-order valence-electron chi connectivity index (χ0n) is 16.6. The zero-order chi connectivity index (χ0) is 23.4. The minimum Gasteiger partial charge on any atom is -0.479 e. The number of aryl methyl sites for hydroxylation is 1. The second-order valence-corrected chi connectivity index (χ2v) is 8.10. The number of thiophene rings is 1. The summed E-state index contributed by atoms with van der Waals surface area (Å²) in [6, 6.07) is 12.0. The summed E-state index contributed by atoms with van der Waals surface area (Å²) in [7, 11) is 0. The van der Waals surface area contributed by atoms with Gasteiger partial charge in [-0.05, 0) is 30.2 Å². The molecule has 3 rings (SSSR count). The Morgan fingerprint density at radius 3 is 2.62 bits per heavy atom. The molecule has 0 radical (unpaired) electrons. The van der Waals surface area contributed by atoms with Crippen molar-refractivity contribution in [2.75, 3.05) is 11.9 Å². The van der Waals surface area contributed by atoms with Gasteiger partial charge in [0.25, 0.3) is 5.69 Å². The predicted molar refractivity (Wildman–Crippen MR) is 120 cm³/mol. The van der Waals surface area contributed by atoms with E-state index in [4.69, 9.17) is 21.4 Å². The van der Waals surface area contributed by atoms with Crippen LogP contribution in [0.25, 0.3) is 10.4 Å². The number of nitrogens with one attached hydrogen (secondary N) is 1. The Bertz CT molecular complexity index is 1210. The third-order valence-electron chi connectivity index (χ3n) is 4.43. The van der Waals surface area contributed by atoms with Crippen LogP contribution >= 0.6 is 22.9 Å². The molecule has 0 aliphatic heterocycles. The molecule has 32 heavy (non-hydrogen) atoms. The van der Waals surface area contributed by atoms with Crippen molar-refractivity contribution in [3.8, 4) is 16.2 Å². The Morgan fingerprint density at radius 1 is 1.22 bits per heavy atom. The minimum absolute atomic E-state index is 0.0178. The standard InChI is InChI=1S/C21H17ClN2O7S/c1-11-5-6-14(8-15(11)24(29)30)23-9-12-3-2-4-13(7-12)19-17(22)18(31-10-16(25)26)20(32-19)21(27)28/h2-8,23H,9-10H2,1H3,(H,25,26)(H,27,28). The molecule has 0 atom stereocenters. The zero-order valence-corrected chi connectivity index (χ0v) is 18.2. The van der Waals surface area contributed by atoms with Gasteiger partial charge in [-0.25, -0.2) is 9.59 Å². The average Bonchev–Trinajstić information content (AvgIpc) is 3.08. The molecule has 3 aromatic rings. The van der Waals surface area contributed by atoms with E-state index < -0.39 is 23.5 Å². The van der Waals surface area contributed by atoms with Crippen LogP contribution in [0.4, 0.5) is 11.4 Å². The van der Waals surface area contributed by atoms with Crippen molar-refractivity contribution in [1.82, 2.24) is 0 Å². The highest BCUT2D eigenvalue weighted by molar-refractivity contribution is 7.18. The molecule has 0 saturated carbocycles. The van der Waals surface area contributed by atoms with Gasteiger partial charge >= 0.3 is 11.9 Å². The number of nitrogens with zero attached hydrogens (tertiary/aromatic N) is 1. The van der Waals surface area contributed by atoms with Gasteiger partial charge in [0, 0.05) is 23.9 Å². The monoisotopic (exact) mass is 476 g/mol. The van der Waals surface area contributed by atoms with Crippen molar-refractivity contribution in [1.29, 1.82) is 0 Å². The molecular formula is C21H17ClN2O7S. The third-order valence-corrected chi connectivity index (χ3v) is 6.12. The first kappa shape index (κ1) is 23.0. The summed E-state index contributed by atoms with van der Waals surface area (Å²) in [5.74, 6) is -2.71. The molecule has 0 saturated heterocycles. The number of carbonyl (C=O) groups is 2. The first-order chi connectivity index (χ1) is 15.2. The number of carboxylic acids is 2. The van der Waals surface area contributed by atoms with Crippen LogP contribution in [-0.2, 0) is 11.3 Å². The molecule has 0 spiro atoms. The van der Waals surface area contributed by atoms with Crippen LogP contribution in [0.15, 0.2) is 42.5 Å². The number of rotatable bonds is 9. The molecule has 1 aromatic heterocycles. The van der Waals surface area contributed by atoms with Crippen LogP contribution in [-0.4, -0.2) is 33.7 Å². The Balaban J connectivity index is 1.85. The lowest BCUT2D eigenvalue weighted by molar-refractivity contribution is -0.385. The number of hydrogen-bond donors (Lipinski definition) is 3. The lowest BCUT2D eigenvalue weighted by Gasteiger charge is -2.09. The number of aromatic carboxylic acids is 1. The van der Waals surface area contributed by atoms with E-state index in [1.165, 1.54) is 6.07 Å². The van der Waals surface area contributed by atoms with Crippen LogP contribution in [0.2, 0.25) is 5.02 Å². The van der Waals surface area contributed by atoms with Crippen molar-refractivity contribution in [3.63, 3.8) is 0 Å². The number of halogens is 1. The molecule has 166 valence electrons. The number of nitro benzene ring substituents is 1. The van der Waals surface area contributed by atoms with Crippen molar-refractivity contribution in [3.05, 3.63) is 73.6 Å². The molecule has 1 heterocycles. The summed E-state index contributed by atoms with van der Waals surface area (Å²) < 4.78 is 5.10. The van der Waals surface area contributed by atoms with Crippen LogP contribution < -0.4 is 10.1 Å². The Hall–Kier alpha value is -3.63. The predicted octanol–water partition coefficient (Wildman–Crippen LogP) is 5.06. The van der Waals surface area contributed by atoms with Gasteiger partial charge in [0.15, 0.2) is 17.2 Å². The molecule has 0 amide bonds. The maximum atomic E-state index is 11.6. The van der Waals surface area contributed by atoms with E-state index in [0.29, 0.717) is 28.2 Å². The number of anilines is 1. The second kappa shape index (κ2) is 9.67. The van der Waals surface area contributed by atoms with Crippen LogP contribution in [0.1, 0.15) is 20.8 Å². The van der Waals surface area contributed by atoms with Crippen LogP contribution in [0.3, 0.4) is 0 Å². The van der Waals surface area contributed by atoms with E-state index in [-0.39, 0.29) is 21.3 Å². The fourth-order valence-corrected chi connectivity index (χ4v) is 4.33. The van der Waals surface area contributed by atoms with E-state index in [2.05, 4.69) is 5.32 Å². The van der Waals surface area contributed by atoms with Crippen molar-refractivity contribution in [2.24, 2.45) is 0 Å². The third kappa shape index (κ3) is 5.16. The molecule has 2 aromatic carbocycles. The highest BCUT2D eigenvalue weighted by Crippen LogP contribution is 2.45. The molecule has 9 nitrogen and oxygen atoms in total. The molecule has 0 aliphatic rings. The summed E-state index contributed by atoms with van der Waals surface area (Å²) in [4.78, 5) is 33.3. The summed E-state index contributed by atoms with van der Waals surface area (Å²) in [6.07, 6.45) is 0. The first-order valence-electron chi connectivity index (χ1n) is 9.15. The smallest absolute Gasteiger partial charge is 0.349 e. The number of hydrogen-bond acceptors (Lipinski definition) is 7. The lowest BCUT2D eigenvalue weighted by Crippen LogP contribution is -2.10. The number of ether oxygens (including phenoxy) is 1. The van der Waals surface area contributed by atoms with Gasteiger partial charge in [0.05, 0.1) is 9.80 Å². The SMILES string of the molecule is Cc1ccc(NCc2cccc(-c3sc(C(=O)O)c(OCC(=O)O)c3Cl)c2)cc1[N+](=O)[O-]. The highest BCUT2D eigenvalue weighted by Gasteiger charge is 2.24. The van der Waals surface area contributed by atoms with Gasteiger partial charge in [-0.3, -0.25) is 10.1 Å². The maximum absolute atomic E-state index is 11.6. The van der Waals surface area contributed by atoms with Crippen molar-refractivity contribution >= 4 is 46.3 Å². The van der Waals surface area contributed by atoms with E-state index in [1.807, 2.05) is 6.07 Å². The Morgan fingerprint density at radius 2 is 1.97 bits per heavy atom. The topological polar surface area (TPSA) is 139 Å². The van der Waals surface area contributed by atoms with E-state index >= 15 is 0 Å². The number of benzene rings is 2. The molecule has 0 bridgehead atoms. The fraction of sp³-hybridized carbons (Fsp3) is 0.143. The molecule has 3 N–H and O–H groups in total. The maximum Gasteiger partial charge on any atom is 0.349 e. The molecule has 0 fully saturated rings. The number of carboxylic acid groups (broad SMARTS) is 2.